The minimum absolute atomic E-state index is 0.294. The number of rotatable bonds is 2. The van der Waals surface area contributed by atoms with Gasteiger partial charge in [-0.15, -0.1) is 11.3 Å². The molecule has 0 aliphatic carbocycles. The number of nitrogens with two attached hydrogens (primary N) is 1. The fraction of sp³-hybridized carbons (Fsp3) is 0.364. The molecule has 2 aromatic rings. The van der Waals surface area contributed by atoms with E-state index in [0.717, 1.165) is 37.5 Å². The molecule has 0 spiro atoms. The van der Waals surface area contributed by atoms with E-state index in [9.17, 15) is 0 Å². The van der Waals surface area contributed by atoms with E-state index in [2.05, 4.69) is 27.4 Å². The third-order valence-corrected chi connectivity index (χ3v) is 3.64. The Morgan fingerprint density at radius 1 is 1.56 bits per heavy atom. The molecule has 0 unspecified atom stereocenters. The predicted octanol–water partition coefficient (Wildman–Crippen LogP) is 1.88. The lowest BCUT2D eigenvalue weighted by atomic mass is 10.1. The van der Waals surface area contributed by atoms with E-state index in [4.69, 9.17) is 10.2 Å². The molecule has 5 heteroatoms. The van der Waals surface area contributed by atoms with Crippen LogP contribution in [0.2, 0.25) is 0 Å². The number of aromatic nitrogens is 1. The van der Waals surface area contributed by atoms with E-state index in [1.807, 2.05) is 0 Å². The molecule has 0 bridgehead atoms. The van der Waals surface area contributed by atoms with Crippen molar-refractivity contribution in [3.63, 3.8) is 0 Å². The van der Waals surface area contributed by atoms with E-state index in [1.54, 1.807) is 11.3 Å². The monoisotopic (exact) mass is 235 g/mol. The van der Waals surface area contributed by atoms with Gasteiger partial charge in [-0.05, 0) is 11.4 Å². The average Bonchev–Trinajstić information content (AvgIpc) is 2.85. The number of hydrogen-bond acceptors (Lipinski definition) is 5. The molecule has 0 amide bonds. The molecule has 0 atom stereocenters. The lowest BCUT2D eigenvalue weighted by Crippen LogP contribution is -2.29. The van der Waals surface area contributed by atoms with Crippen molar-refractivity contribution in [1.29, 1.82) is 0 Å². The molecule has 84 valence electrons. The fourth-order valence-corrected chi connectivity index (χ4v) is 2.78. The first-order valence-electron chi connectivity index (χ1n) is 5.30. The molecular weight excluding hydrogens is 222 g/mol. The molecule has 0 fully saturated rings. The van der Waals surface area contributed by atoms with Crippen LogP contribution < -0.4 is 5.73 Å². The van der Waals surface area contributed by atoms with Gasteiger partial charge in [-0.3, -0.25) is 4.90 Å². The minimum Gasteiger partial charge on any atom is -0.429 e. The van der Waals surface area contributed by atoms with Crippen molar-refractivity contribution in [1.82, 2.24) is 9.88 Å². The van der Waals surface area contributed by atoms with Gasteiger partial charge in [0, 0.05) is 30.9 Å². The molecular formula is C11H13N3OS. The van der Waals surface area contributed by atoms with Gasteiger partial charge in [0.1, 0.15) is 5.76 Å². The number of nitrogen functional groups attached to an aromatic ring is 1. The summed E-state index contributed by atoms with van der Waals surface area (Å²) >= 11 is 1.79. The highest BCUT2D eigenvalue weighted by atomic mass is 32.1. The largest absolute Gasteiger partial charge is 0.429 e. The van der Waals surface area contributed by atoms with E-state index >= 15 is 0 Å². The quantitative estimate of drug-likeness (QED) is 0.863. The summed E-state index contributed by atoms with van der Waals surface area (Å²) in [7, 11) is 0. The molecule has 1 aliphatic heterocycles. The minimum atomic E-state index is 0.294. The standard InChI is InChI=1S/C11H13N3OS/c12-11-13-9-7-14(4-3-10(9)15-11)6-8-2-1-5-16-8/h1-2,5H,3-4,6-7H2,(H2,12,13). The van der Waals surface area contributed by atoms with Crippen LogP contribution in [0.1, 0.15) is 16.3 Å². The van der Waals surface area contributed by atoms with Gasteiger partial charge in [-0.1, -0.05) is 6.07 Å². The van der Waals surface area contributed by atoms with Crippen LogP contribution in [0, 0.1) is 0 Å². The van der Waals surface area contributed by atoms with Crippen LogP contribution in [0.3, 0.4) is 0 Å². The Morgan fingerprint density at radius 2 is 2.50 bits per heavy atom. The Kier molecular flexibility index (Phi) is 2.41. The third kappa shape index (κ3) is 1.83. The highest BCUT2D eigenvalue weighted by Crippen LogP contribution is 2.22. The normalized spacial score (nSPS) is 16.2. The zero-order valence-electron chi connectivity index (χ0n) is 8.85. The summed E-state index contributed by atoms with van der Waals surface area (Å²) in [5.74, 6) is 0.958. The molecule has 3 heterocycles. The molecule has 16 heavy (non-hydrogen) atoms. The van der Waals surface area contributed by atoms with E-state index in [-0.39, 0.29) is 0 Å². The van der Waals surface area contributed by atoms with Crippen LogP contribution in [0.5, 0.6) is 0 Å². The number of oxazole rings is 1. The van der Waals surface area contributed by atoms with Gasteiger partial charge in [-0.2, -0.15) is 4.98 Å². The van der Waals surface area contributed by atoms with Crippen molar-refractivity contribution in [2.45, 2.75) is 19.5 Å². The summed E-state index contributed by atoms with van der Waals surface area (Å²) in [6.07, 6.45) is 0.908. The van der Waals surface area contributed by atoms with Crippen LogP contribution >= 0.6 is 11.3 Å². The van der Waals surface area contributed by atoms with Gasteiger partial charge in [-0.25, -0.2) is 0 Å². The first-order valence-corrected chi connectivity index (χ1v) is 6.18. The van der Waals surface area contributed by atoms with Crippen molar-refractivity contribution in [3.8, 4) is 0 Å². The van der Waals surface area contributed by atoms with Crippen LogP contribution in [0.25, 0.3) is 0 Å². The van der Waals surface area contributed by atoms with E-state index < -0.39 is 0 Å². The summed E-state index contributed by atoms with van der Waals surface area (Å²) in [5.41, 5.74) is 6.55. The van der Waals surface area contributed by atoms with Crippen molar-refractivity contribution in [2.75, 3.05) is 12.3 Å². The zero-order chi connectivity index (χ0) is 11.0. The number of hydrogen-bond donors (Lipinski definition) is 1. The fourth-order valence-electron chi connectivity index (χ4n) is 2.03. The van der Waals surface area contributed by atoms with Crippen molar-refractivity contribution < 1.29 is 4.42 Å². The number of anilines is 1. The molecule has 0 aromatic carbocycles. The second kappa shape index (κ2) is 3.92. The second-order valence-corrected chi connectivity index (χ2v) is 4.99. The Labute approximate surface area is 97.7 Å². The molecule has 0 saturated carbocycles. The maximum absolute atomic E-state index is 5.55. The van der Waals surface area contributed by atoms with Crippen LogP contribution in [-0.2, 0) is 19.5 Å². The van der Waals surface area contributed by atoms with Gasteiger partial charge in [0.25, 0.3) is 6.01 Å². The molecule has 1 aliphatic rings. The van der Waals surface area contributed by atoms with Crippen LogP contribution in [0.15, 0.2) is 21.9 Å². The lowest BCUT2D eigenvalue weighted by molar-refractivity contribution is 0.234. The molecule has 4 nitrogen and oxygen atoms in total. The Bertz CT molecular complexity index is 477. The molecule has 0 saturated heterocycles. The third-order valence-electron chi connectivity index (χ3n) is 2.78. The van der Waals surface area contributed by atoms with E-state index in [1.165, 1.54) is 4.88 Å². The first kappa shape index (κ1) is 9.86. The van der Waals surface area contributed by atoms with Crippen molar-refractivity contribution >= 4 is 17.4 Å². The van der Waals surface area contributed by atoms with Gasteiger partial charge in [0.15, 0.2) is 0 Å². The Balaban J connectivity index is 1.73. The van der Waals surface area contributed by atoms with Crippen LogP contribution in [-0.4, -0.2) is 16.4 Å². The first-order chi connectivity index (χ1) is 7.81. The van der Waals surface area contributed by atoms with Gasteiger partial charge < -0.3 is 10.2 Å². The molecule has 2 N–H and O–H groups in total. The zero-order valence-corrected chi connectivity index (χ0v) is 9.67. The summed E-state index contributed by atoms with van der Waals surface area (Å²) in [6.45, 7) is 2.84. The summed E-state index contributed by atoms with van der Waals surface area (Å²) in [5, 5.41) is 2.11. The Morgan fingerprint density at radius 3 is 3.31 bits per heavy atom. The predicted molar refractivity (Wildman–Crippen MR) is 63.1 cm³/mol. The Hall–Kier alpha value is -1.33. The summed E-state index contributed by atoms with van der Waals surface area (Å²) in [6, 6.07) is 4.55. The van der Waals surface area contributed by atoms with Crippen molar-refractivity contribution in [2.24, 2.45) is 0 Å². The molecule has 3 rings (SSSR count). The van der Waals surface area contributed by atoms with Crippen molar-refractivity contribution in [3.05, 3.63) is 33.8 Å². The highest BCUT2D eigenvalue weighted by Gasteiger charge is 2.21. The number of fused-ring (bicyclic) bond motifs is 1. The molecule has 0 radical (unpaired) electrons. The van der Waals surface area contributed by atoms with Crippen LogP contribution in [0.4, 0.5) is 6.01 Å². The number of thiophene rings is 1. The van der Waals surface area contributed by atoms with E-state index in [0.29, 0.717) is 6.01 Å². The molecule has 2 aromatic heterocycles. The van der Waals surface area contributed by atoms with Gasteiger partial charge in [0.2, 0.25) is 0 Å². The van der Waals surface area contributed by atoms with Gasteiger partial charge in [0.05, 0.1) is 5.69 Å². The highest BCUT2D eigenvalue weighted by molar-refractivity contribution is 7.09. The SMILES string of the molecule is Nc1nc2c(o1)CCN(Cc1cccs1)C2. The maximum atomic E-state index is 5.55. The topological polar surface area (TPSA) is 55.3 Å². The summed E-state index contributed by atoms with van der Waals surface area (Å²) in [4.78, 5) is 7.96. The summed E-state index contributed by atoms with van der Waals surface area (Å²) < 4.78 is 5.33. The number of nitrogens with zero attached hydrogens (tertiary/aromatic N) is 2. The van der Waals surface area contributed by atoms with Gasteiger partial charge >= 0.3 is 0 Å². The lowest BCUT2D eigenvalue weighted by Gasteiger charge is -2.24. The average molecular weight is 235 g/mol. The maximum Gasteiger partial charge on any atom is 0.292 e. The smallest absolute Gasteiger partial charge is 0.292 e. The second-order valence-electron chi connectivity index (χ2n) is 3.96.